The highest BCUT2D eigenvalue weighted by Crippen LogP contribution is 2.23. The molecule has 5 heteroatoms. The molecule has 0 aliphatic rings. The van der Waals surface area contributed by atoms with Crippen LogP contribution in [0.5, 0.6) is 0 Å². The summed E-state index contributed by atoms with van der Waals surface area (Å²) < 4.78 is 5.19. The second kappa shape index (κ2) is 6.54. The molecule has 0 saturated carbocycles. The molecule has 0 amide bonds. The van der Waals surface area contributed by atoms with Gasteiger partial charge >= 0.3 is 0 Å². The molecular weight excluding hydrogens is 228 g/mol. The minimum Gasteiger partial charge on any atom is -0.383 e. The van der Waals surface area contributed by atoms with E-state index in [-0.39, 0.29) is 6.04 Å². The number of aromatic nitrogens is 2. The summed E-state index contributed by atoms with van der Waals surface area (Å²) in [7, 11) is 3.75. The van der Waals surface area contributed by atoms with Gasteiger partial charge in [-0.15, -0.1) is 0 Å². The van der Waals surface area contributed by atoms with Gasteiger partial charge in [-0.2, -0.15) is 0 Å². The summed E-state index contributed by atoms with van der Waals surface area (Å²) in [6, 6.07) is 0.275. The van der Waals surface area contributed by atoms with Crippen LogP contribution in [0.15, 0.2) is 0 Å². The summed E-state index contributed by atoms with van der Waals surface area (Å²) in [6.07, 6.45) is 0. The summed E-state index contributed by atoms with van der Waals surface area (Å²) in [5.74, 6) is 2.66. The Morgan fingerprint density at radius 1 is 1.33 bits per heavy atom. The van der Waals surface area contributed by atoms with Gasteiger partial charge in [-0.3, -0.25) is 0 Å². The van der Waals surface area contributed by atoms with Gasteiger partial charge in [0, 0.05) is 26.3 Å². The zero-order valence-electron chi connectivity index (χ0n) is 12.2. The lowest BCUT2D eigenvalue weighted by atomic mass is 10.2. The van der Waals surface area contributed by atoms with Crippen LogP contribution in [-0.4, -0.2) is 43.3 Å². The van der Waals surface area contributed by atoms with Crippen LogP contribution in [-0.2, 0) is 4.74 Å². The molecule has 18 heavy (non-hydrogen) atoms. The number of rotatable bonds is 6. The molecule has 0 aromatic carbocycles. The van der Waals surface area contributed by atoms with Crippen molar-refractivity contribution < 1.29 is 4.74 Å². The number of aryl methyl sites for hydroxylation is 1. The van der Waals surface area contributed by atoms with Gasteiger partial charge in [0.05, 0.1) is 12.6 Å². The van der Waals surface area contributed by atoms with E-state index in [1.165, 1.54) is 0 Å². The lowest BCUT2D eigenvalue weighted by Crippen LogP contribution is -2.34. The van der Waals surface area contributed by atoms with E-state index < -0.39 is 0 Å². The van der Waals surface area contributed by atoms with Gasteiger partial charge < -0.3 is 15.0 Å². The molecule has 1 aromatic rings. The minimum atomic E-state index is 0.275. The number of nitrogens with zero attached hydrogens (tertiary/aromatic N) is 3. The predicted molar refractivity (Wildman–Crippen MR) is 75.4 cm³/mol. The molecule has 1 N–H and O–H groups in total. The maximum absolute atomic E-state index is 5.19. The van der Waals surface area contributed by atoms with Crippen molar-refractivity contribution >= 4 is 11.6 Å². The molecule has 1 atom stereocenters. The van der Waals surface area contributed by atoms with E-state index in [1.807, 2.05) is 20.9 Å². The standard InChI is InChI=1S/C13H24N4O/c1-7-14-12-10(3)13(16-11(4)15-12)17(5)9(2)8-18-6/h9H,7-8H2,1-6H3,(H,14,15,16). The molecule has 1 heterocycles. The van der Waals surface area contributed by atoms with Crippen molar-refractivity contribution in [2.45, 2.75) is 33.7 Å². The third-order valence-electron chi connectivity index (χ3n) is 2.98. The number of anilines is 2. The van der Waals surface area contributed by atoms with Crippen molar-refractivity contribution in [3.05, 3.63) is 11.4 Å². The Morgan fingerprint density at radius 3 is 2.56 bits per heavy atom. The zero-order chi connectivity index (χ0) is 13.7. The van der Waals surface area contributed by atoms with Crippen LogP contribution in [0.1, 0.15) is 25.2 Å². The molecule has 5 nitrogen and oxygen atoms in total. The fraction of sp³-hybridized carbons (Fsp3) is 0.692. The Morgan fingerprint density at radius 2 is 2.00 bits per heavy atom. The Bertz CT molecular complexity index is 395. The van der Waals surface area contributed by atoms with Crippen molar-refractivity contribution in [1.82, 2.24) is 9.97 Å². The number of hydrogen-bond acceptors (Lipinski definition) is 5. The van der Waals surface area contributed by atoms with Crippen LogP contribution in [0.25, 0.3) is 0 Å². The van der Waals surface area contributed by atoms with Gasteiger partial charge in [0.2, 0.25) is 0 Å². The van der Waals surface area contributed by atoms with Crippen LogP contribution in [0.3, 0.4) is 0 Å². The highest BCUT2D eigenvalue weighted by Gasteiger charge is 2.16. The van der Waals surface area contributed by atoms with Crippen LogP contribution < -0.4 is 10.2 Å². The van der Waals surface area contributed by atoms with Crippen molar-refractivity contribution in [3.63, 3.8) is 0 Å². The molecule has 0 saturated heterocycles. The molecule has 0 radical (unpaired) electrons. The molecule has 102 valence electrons. The third kappa shape index (κ3) is 3.32. The molecular formula is C13H24N4O. The first-order chi connectivity index (χ1) is 8.51. The first-order valence-electron chi connectivity index (χ1n) is 6.32. The molecule has 1 unspecified atom stereocenters. The van der Waals surface area contributed by atoms with Crippen LogP contribution >= 0.6 is 0 Å². The highest BCUT2D eigenvalue weighted by atomic mass is 16.5. The molecule has 0 spiro atoms. The number of nitrogens with one attached hydrogen (secondary N) is 1. The van der Waals surface area contributed by atoms with Crippen molar-refractivity contribution in [1.29, 1.82) is 0 Å². The van der Waals surface area contributed by atoms with Crippen LogP contribution in [0.4, 0.5) is 11.6 Å². The van der Waals surface area contributed by atoms with E-state index in [0.717, 1.165) is 29.6 Å². The first-order valence-corrected chi connectivity index (χ1v) is 6.32. The van der Waals surface area contributed by atoms with Gasteiger partial charge in [0.15, 0.2) is 0 Å². The molecule has 0 aliphatic carbocycles. The maximum atomic E-state index is 5.19. The Labute approximate surface area is 110 Å². The third-order valence-corrected chi connectivity index (χ3v) is 2.98. The average Bonchev–Trinajstić information content (AvgIpc) is 2.33. The van der Waals surface area contributed by atoms with E-state index in [1.54, 1.807) is 7.11 Å². The second-order valence-electron chi connectivity index (χ2n) is 4.51. The predicted octanol–water partition coefficient (Wildman–Crippen LogP) is 2.00. The number of hydrogen-bond donors (Lipinski definition) is 1. The van der Waals surface area contributed by atoms with Gasteiger partial charge in [-0.05, 0) is 27.7 Å². The van der Waals surface area contributed by atoms with Gasteiger partial charge in [0.25, 0.3) is 0 Å². The summed E-state index contributed by atoms with van der Waals surface area (Å²) >= 11 is 0. The summed E-state index contributed by atoms with van der Waals surface area (Å²) in [4.78, 5) is 11.1. The van der Waals surface area contributed by atoms with Crippen molar-refractivity contribution in [3.8, 4) is 0 Å². The average molecular weight is 252 g/mol. The van der Waals surface area contributed by atoms with E-state index >= 15 is 0 Å². The Balaban J connectivity index is 3.07. The minimum absolute atomic E-state index is 0.275. The summed E-state index contributed by atoms with van der Waals surface area (Å²) in [6.45, 7) is 9.67. The largest absolute Gasteiger partial charge is 0.383 e. The quantitative estimate of drug-likeness (QED) is 0.839. The van der Waals surface area contributed by atoms with Gasteiger partial charge in [0.1, 0.15) is 17.5 Å². The fourth-order valence-corrected chi connectivity index (χ4v) is 1.86. The van der Waals surface area contributed by atoms with Crippen molar-refractivity contribution in [2.24, 2.45) is 0 Å². The highest BCUT2D eigenvalue weighted by molar-refractivity contribution is 5.58. The van der Waals surface area contributed by atoms with E-state index in [2.05, 4.69) is 34.0 Å². The maximum Gasteiger partial charge on any atom is 0.137 e. The SMILES string of the molecule is CCNc1nc(C)nc(N(C)C(C)COC)c1C. The lowest BCUT2D eigenvalue weighted by molar-refractivity contribution is 0.183. The first kappa shape index (κ1) is 14.7. The Kier molecular flexibility index (Phi) is 5.34. The lowest BCUT2D eigenvalue weighted by Gasteiger charge is -2.27. The summed E-state index contributed by atoms with van der Waals surface area (Å²) in [5.41, 5.74) is 1.08. The molecule has 0 aliphatic heterocycles. The van der Waals surface area contributed by atoms with Crippen LogP contribution in [0, 0.1) is 13.8 Å². The molecule has 1 rings (SSSR count). The van der Waals surface area contributed by atoms with Gasteiger partial charge in [-0.25, -0.2) is 9.97 Å². The molecule has 0 bridgehead atoms. The molecule has 1 aromatic heterocycles. The van der Waals surface area contributed by atoms with Crippen LogP contribution in [0.2, 0.25) is 0 Å². The Hall–Kier alpha value is -1.36. The summed E-state index contributed by atoms with van der Waals surface area (Å²) in [5, 5.41) is 3.27. The van der Waals surface area contributed by atoms with E-state index in [4.69, 9.17) is 4.74 Å². The normalized spacial score (nSPS) is 12.3. The van der Waals surface area contributed by atoms with E-state index in [9.17, 15) is 0 Å². The van der Waals surface area contributed by atoms with E-state index in [0.29, 0.717) is 6.61 Å². The van der Waals surface area contributed by atoms with Crippen molar-refractivity contribution in [2.75, 3.05) is 37.5 Å². The smallest absolute Gasteiger partial charge is 0.137 e. The number of methoxy groups -OCH3 is 1. The van der Waals surface area contributed by atoms with Gasteiger partial charge in [-0.1, -0.05) is 0 Å². The second-order valence-corrected chi connectivity index (χ2v) is 4.51. The zero-order valence-corrected chi connectivity index (χ0v) is 12.2. The monoisotopic (exact) mass is 252 g/mol. The number of likely N-dealkylation sites (N-methyl/N-ethyl adjacent to an activating group) is 1. The fourth-order valence-electron chi connectivity index (χ4n) is 1.86. The molecule has 0 fully saturated rings. The number of ether oxygens (including phenoxy) is 1. The topological polar surface area (TPSA) is 50.3 Å².